The lowest BCUT2D eigenvalue weighted by molar-refractivity contribution is 0.474. The van der Waals surface area contributed by atoms with Gasteiger partial charge in [-0.25, -0.2) is 4.39 Å². The van der Waals surface area contributed by atoms with Gasteiger partial charge in [-0.05, 0) is 40.2 Å². The van der Waals surface area contributed by atoms with Crippen molar-refractivity contribution in [3.8, 4) is 11.5 Å². The first-order chi connectivity index (χ1) is 8.47. The fraction of sp³-hybridized carbons (Fsp3) is 0. The number of nitrogen functional groups attached to an aromatic ring is 1. The normalized spacial score (nSPS) is 10.4. The summed E-state index contributed by atoms with van der Waals surface area (Å²) in [5.74, 6) is 0.0956. The third-order valence-corrected chi connectivity index (χ3v) is 3.36. The fourth-order valence-electron chi connectivity index (χ4n) is 1.30. The second-order valence-corrected chi connectivity index (χ2v) is 5.16. The Hall–Kier alpha value is -0.970. The van der Waals surface area contributed by atoms with Gasteiger partial charge in [0.1, 0.15) is 17.3 Å². The smallest absolute Gasteiger partial charge is 0.146 e. The molecule has 18 heavy (non-hydrogen) atoms. The molecule has 2 aromatic carbocycles. The Morgan fingerprint density at radius 2 is 1.78 bits per heavy atom. The van der Waals surface area contributed by atoms with Gasteiger partial charge >= 0.3 is 0 Å². The molecule has 0 radical (unpaired) electrons. The van der Waals surface area contributed by atoms with Gasteiger partial charge in [0.2, 0.25) is 0 Å². The molecule has 2 rings (SSSR count). The van der Waals surface area contributed by atoms with Crippen LogP contribution in [0.3, 0.4) is 0 Å². The van der Waals surface area contributed by atoms with Crippen molar-refractivity contribution in [3.63, 3.8) is 0 Å². The lowest BCUT2D eigenvalue weighted by atomic mass is 10.3. The van der Waals surface area contributed by atoms with E-state index in [9.17, 15) is 4.39 Å². The topological polar surface area (TPSA) is 35.2 Å². The minimum Gasteiger partial charge on any atom is -0.455 e. The second kappa shape index (κ2) is 5.34. The summed E-state index contributed by atoms with van der Waals surface area (Å²) in [5.41, 5.74) is 6.09. The Balaban J connectivity index is 2.37. The summed E-state index contributed by atoms with van der Waals surface area (Å²) >= 11 is 14.8. The molecule has 0 aliphatic rings. The molecule has 0 aromatic heterocycles. The number of halogens is 4. The van der Waals surface area contributed by atoms with Crippen LogP contribution >= 0.6 is 39.1 Å². The molecule has 0 saturated heterocycles. The van der Waals surface area contributed by atoms with Crippen LogP contribution in [-0.2, 0) is 0 Å². The van der Waals surface area contributed by atoms with Crippen LogP contribution in [-0.4, -0.2) is 0 Å². The lowest BCUT2D eigenvalue weighted by Crippen LogP contribution is -1.90. The van der Waals surface area contributed by atoms with E-state index in [0.29, 0.717) is 20.9 Å². The van der Waals surface area contributed by atoms with Gasteiger partial charge in [-0.15, -0.1) is 0 Å². The van der Waals surface area contributed by atoms with E-state index in [0.717, 1.165) is 0 Å². The molecule has 0 spiro atoms. The van der Waals surface area contributed by atoms with Crippen LogP contribution in [0, 0.1) is 5.82 Å². The molecule has 0 fully saturated rings. The molecule has 0 bridgehead atoms. The molecule has 2 nitrogen and oxygen atoms in total. The molecule has 0 aliphatic heterocycles. The highest BCUT2D eigenvalue weighted by Gasteiger charge is 2.10. The van der Waals surface area contributed by atoms with Gasteiger partial charge < -0.3 is 10.5 Å². The van der Waals surface area contributed by atoms with Crippen molar-refractivity contribution in [2.45, 2.75) is 0 Å². The van der Waals surface area contributed by atoms with Gasteiger partial charge in [0.15, 0.2) is 0 Å². The maximum absolute atomic E-state index is 13.3. The first-order valence-electron chi connectivity index (χ1n) is 4.85. The summed E-state index contributed by atoms with van der Waals surface area (Å²) in [4.78, 5) is 0. The molecule has 0 saturated carbocycles. The number of ether oxygens (including phenoxy) is 1. The Morgan fingerprint density at radius 3 is 2.44 bits per heavy atom. The number of hydrogen-bond donors (Lipinski definition) is 1. The maximum Gasteiger partial charge on any atom is 0.146 e. The molecule has 2 N–H and O–H groups in total. The lowest BCUT2D eigenvalue weighted by Gasteiger charge is -2.10. The molecular weight excluding hydrogens is 344 g/mol. The van der Waals surface area contributed by atoms with Crippen LogP contribution < -0.4 is 10.5 Å². The first-order valence-corrected chi connectivity index (χ1v) is 6.39. The van der Waals surface area contributed by atoms with Crippen LogP contribution in [0.15, 0.2) is 34.8 Å². The van der Waals surface area contributed by atoms with Gasteiger partial charge in [-0.3, -0.25) is 0 Å². The molecule has 0 heterocycles. The van der Waals surface area contributed by atoms with E-state index < -0.39 is 5.82 Å². The van der Waals surface area contributed by atoms with Gasteiger partial charge in [0.25, 0.3) is 0 Å². The van der Waals surface area contributed by atoms with Crippen LogP contribution in [0.5, 0.6) is 11.5 Å². The SMILES string of the molecule is Nc1ccc(Oc2cc(F)c(Cl)cc2Br)c(Cl)c1. The van der Waals surface area contributed by atoms with Crippen molar-refractivity contribution in [1.29, 1.82) is 0 Å². The fourth-order valence-corrected chi connectivity index (χ4v) is 2.25. The largest absolute Gasteiger partial charge is 0.455 e. The van der Waals surface area contributed by atoms with Gasteiger partial charge in [0, 0.05) is 11.8 Å². The number of hydrogen-bond acceptors (Lipinski definition) is 2. The van der Waals surface area contributed by atoms with E-state index in [4.69, 9.17) is 33.7 Å². The molecule has 2 aromatic rings. The Morgan fingerprint density at radius 1 is 1.06 bits per heavy atom. The van der Waals surface area contributed by atoms with E-state index in [1.165, 1.54) is 12.1 Å². The van der Waals surface area contributed by atoms with E-state index in [2.05, 4.69) is 15.9 Å². The predicted octanol–water partition coefficient (Wildman–Crippen LogP) is 5.27. The van der Waals surface area contributed by atoms with Gasteiger partial charge in [0.05, 0.1) is 14.5 Å². The molecule has 0 unspecified atom stereocenters. The molecule has 0 aliphatic carbocycles. The quantitative estimate of drug-likeness (QED) is 0.591. The van der Waals surface area contributed by atoms with Crippen molar-refractivity contribution < 1.29 is 9.13 Å². The zero-order chi connectivity index (χ0) is 13.3. The number of nitrogens with two attached hydrogens (primary N) is 1. The van der Waals surface area contributed by atoms with Crippen molar-refractivity contribution in [1.82, 2.24) is 0 Å². The number of anilines is 1. The molecule has 94 valence electrons. The van der Waals surface area contributed by atoms with E-state index in [1.807, 2.05) is 0 Å². The van der Waals surface area contributed by atoms with E-state index in [1.54, 1.807) is 18.2 Å². The minimum absolute atomic E-state index is 0.0117. The first kappa shape index (κ1) is 13.5. The summed E-state index contributed by atoms with van der Waals surface area (Å²) in [6.45, 7) is 0. The minimum atomic E-state index is -0.568. The average molecular weight is 351 g/mol. The standard InChI is InChI=1S/C12H7BrCl2FNO/c13-7-4-8(14)10(16)5-12(7)18-11-2-1-6(17)3-9(11)15/h1-5H,17H2. The van der Waals surface area contributed by atoms with E-state index >= 15 is 0 Å². The van der Waals surface area contributed by atoms with E-state index in [-0.39, 0.29) is 10.8 Å². The van der Waals surface area contributed by atoms with Crippen LogP contribution in [0.25, 0.3) is 0 Å². The van der Waals surface area contributed by atoms with Gasteiger partial charge in [-0.2, -0.15) is 0 Å². The van der Waals surface area contributed by atoms with Crippen molar-refractivity contribution in [2.75, 3.05) is 5.73 Å². The summed E-state index contributed by atoms with van der Waals surface area (Å²) in [6.07, 6.45) is 0. The summed E-state index contributed by atoms with van der Waals surface area (Å²) < 4.78 is 19.4. The highest BCUT2D eigenvalue weighted by atomic mass is 79.9. The average Bonchev–Trinajstić information content (AvgIpc) is 2.29. The third-order valence-electron chi connectivity index (χ3n) is 2.15. The highest BCUT2D eigenvalue weighted by molar-refractivity contribution is 9.10. The Kier molecular flexibility index (Phi) is 4.00. The predicted molar refractivity (Wildman–Crippen MR) is 75.0 cm³/mol. The second-order valence-electron chi connectivity index (χ2n) is 3.49. The number of benzene rings is 2. The zero-order valence-electron chi connectivity index (χ0n) is 8.88. The van der Waals surface area contributed by atoms with Crippen molar-refractivity contribution in [2.24, 2.45) is 0 Å². The van der Waals surface area contributed by atoms with Crippen molar-refractivity contribution in [3.05, 3.63) is 50.7 Å². The van der Waals surface area contributed by atoms with Gasteiger partial charge in [-0.1, -0.05) is 23.2 Å². The Labute approximate surface area is 122 Å². The van der Waals surface area contributed by atoms with Crippen LogP contribution in [0.1, 0.15) is 0 Å². The molecular formula is C12H7BrCl2FNO. The maximum atomic E-state index is 13.3. The molecule has 0 amide bonds. The summed E-state index contributed by atoms with van der Waals surface area (Å²) in [6, 6.07) is 7.39. The number of rotatable bonds is 2. The monoisotopic (exact) mass is 349 g/mol. The zero-order valence-corrected chi connectivity index (χ0v) is 12.0. The third kappa shape index (κ3) is 2.88. The van der Waals surface area contributed by atoms with Crippen LogP contribution in [0.2, 0.25) is 10.0 Å². The molecule has 0 atom stereocenters. The molecule has 6 heteroatoms. The Bertz CT molecular complexity index is 607. The summed E-state index contributed by atoms with van der Waals surface area (Å²) in [7, 11) is 0. The van der Waals surface area contributed by atoms with Crippen molar-refractivity contribution >= 4 is 44.8 Å². The summed E-state index contributed by atoms with van der Waals surface area (Å²) in [5, 5.41) is 0.356. The van der Waals surface area contributed by atoms with Crippen LogP contribution in [0.4, 0.5) is 10.1 Å². The highest BCUT2D eigenvalue weighted by Crippen LogP contribution is 2.36.